The lowest BCUT2D eigenvalue weighted by molar-refractivity contribution is -0.142. The molecule has 1 rings (SSSR count). The monoisotopic (exact) mass is 268 g/mol. The summed E-state index contributed by atoms with van der Waals surface area (Å²) in [5.74, 6) is 0.839. The third-order valence-corrected chi connectivity index (χ3v) is 4.30. The number of carbonyl (C=O) groups excluding carboxylic acids is 1. The Morgan fingerprint density at radius 1 is 1.26 bits per heavy atom. The first-order chi connectivity index (χ1) is 8.94. The lowest BCUT2D eigenvalue weighted by Gasteiger charge is -2.41. The Bertz CT molecular complexity index is 278. The zero-order valence-corrected chi connectivity index (χ0v) is 13.5. The highest BCUT2D eigenvalue weighted by Gasteiger charge is 2.39. The van der Waals surface area contributed by atoms with Crippen LogP contribution in [0.3, 0.4) is 0 Å². The first-order valence-corrected chi connectivity index (χ1v) is 8.00. The van der Waals surface area contributed by atoms with Gasteiger partial charge in [0.25, 0.3) is 0 Å². The van der Waals surface area contributed by atoms with Crippen LogP contribution >= 0.6 is 0 Å². The summed E-state index contributed by atoms with van der Waals surface area (Å²) in [4.78, 5) is 15.1. The van der Waals surface area contributed by atoms with Crippen molar-refractivity contribution in [2.24, 2.45) is 5.92 Å². The van der Waals surface area contributed by atoms with Crippen LogP contribution in [-0.4, -0.2) is 35.5 Å². The molecular weight excluding hydrogens is 236 g/mol. The maximum atomic E-state index is 13.0. The van der Waals surface area contributed by atoms with Crippen LogP contribution in [0.1, 0.15) is 66.7 Å². The molecule has 1 heterocycles. The smallest absolute Gasteiger partial charge is 0.242 e. The van der Waals surface area contributed by atoms with Crippen molar-refractivity contribution in [2.75, 3.05) is 13.1 Å². The van der Waals surface area contributed by atoms with E-state index in [2.05, 4.69) is 44.8 Å². The molecule has 1 fully saturated rings. The fourth-order valence-electron chi connectivity index (χ4n) is 3.08. The lowest BCUT2D eigenvalue weighted by atomic mass is 9.88. The Labute approximate surface area is 119 Å². The molecule has 3 nitrogen and oxygen atoms in total. The number of amides is 1. The van der Waals surface area contributed by atoms with Gasteiger partial charge in [-0.1, -0.05) is 27.7 Å². The summed E-state index contributed by atoms with van der Waals surface area (Å²) in [5, 5.41) is 3.46. The molecule has 112 valence electrons. The number of piperidine rings is 1. The average Bonchev–Trinajstić information content (AvgIpc) is 2.38. The Morgan fingerprint density at radius 3 is 2.32 bits per heavy atom. The van der Waals surface area contributed by atoms with Gasteiger partial charge in [-0.25, -0.2) is 0 Å². The Kier molecular flexibility index (Phi) is 6.31. The van der Waals surface area contributed by atoms with Gasteiger partial charge in [0, 0.05) is 12.6 Å². The molecule has 19 heavy (non-hydrogen) atoms. The molecule has 1 N–H and O–H groups in total. The number of nitrogens with one attached hydrogen (secondary N) is 1. The number of carbonyl (C=O) groups is 1. The summed E-state index contributed by atoms with van der Waals surface area (Å²) in [6.07, 6.45) is 5.42. The summed E-state index contributed by atoms with van der Waals surface area (Å²) in [5.41, 5.74) is -0.338. The van der Waals surface area contributed by atoms with Crippen molar-refractivity contribution < 1.29 is 4.79 Å². The fourth-order valence-corrected chi connectivity index (χ4v) is 3.08. The summed E-state index contributed by atoms with van der Waals surface area (Å²) in [7, 11) is 0. The molecular formula is C16H32N2O. The van der Waals surface area contributed by atoms with Crippen molar-refractivity contribution in [3.05, 3.63) is 0 Å². The fraction of sp³-hybridized carbons (Fsp3) is 0.938. The van der Waals surface area contributed by atoms with Crippen LogP contribution in [0.25, 0.3) is 0 Å². The molecule has 1 amide bonds. The summed E-state index contributed by atoms with van der Waals surface area (Å²) in [6.45, 7) is 12.7. The Hall–Kier alpha value is -0.570. The van der Waals surface area contributed by atoms with Gasteiger partial charge in [-0.3, -0.25) is 4.79 Å². The lowest BCUT2D eigenvalue weighted by Crippen LogP contribution is -2.60. The van der Waals surface area contributed by atoms with Crippen molar-refractivity contribution in [3.63, 3.8) is 0 Å². The quantitative estimate of drug-likeness (QED) is 0.802. The first kappa shape index (κ1) is 16.5. The predicted octanol–water partition coefficient (Wildman–Crippen LogP) is 3.19. The molecule has 0 bridgehead atoms. The Balaban J connectivity index is 2.85. The predicted molar refractivity (Wildman–Crippen MR) is 81.2 cm³/mol. The molecule has 0 spiro atoms. The van der Waals surface area contributed by atoms with Crippen LogP contribution in [0.5, 0.6) is 0 Å². The third kappa shape index (κ3) is 4.20. The molecule has 1 atom stereocenters. The van der Waals surface area contributed by atoms with Crippen LogP contribution < -0.4 is 5.32 Å². The van der Waals surface area contributed by atoms with Crippen LogP contribution in [0.15, 0.2) is 0 Å². The van der Waals surface area contributed by atoms with E-state index in [0.717, 1.165) is 38.8 Å². The van der Waals surface area contributed by atoms with E-state index >= 15 is 0 Å². The number of hydrogen-bond acceptors (Lipinski definition) is 2. The van der Waals surface area contributed by atoms with Crippen molar-refractivity contribution in [1.82, 2.24) is 10.2 Å². The van der Waals surface area contributed by atoms with Gasteiger partial charge in [0.15, 0.2) is 0 Å². The van der Waals surface area contributed by atoms with Crippen LogP contribution in [0, 0.1) is 5.92 Å². The molecule has 0 aliphatic carbocycles. The standard InChI is InChI=1S/C16H32N2O/c1-6-14(7-2)18(12-13(3)4)15(19)16(5)10-8-9-11-17-16/h13-14,17H,6-12H2,1-5H3. The minimum atomic E-state index is -0.338. The zero-order valence-electron chi connectivity index (χ0n) is 13.5. The van der Waals surface area contributed by atoms with Crippen LogP contribution in [0.4, 0.5) is 0 Å². The van der Waals surface area contributed by atoms with Gasteiger partial charge in [-0.2, -0.15) is 0 Å². The van der Waals surface area contributed by atoms with Gasteiger partial charge in [0.05, 0.1) is 5.54 Å². The van der Waals surface area contributed by atoms with E-state index in [4.69, 9.17) is 0 Å². The molecule has 0 saturated carbocycles. The molecule has 0 aromatic carbocycles. The largest absolute Gasteiger partial charge is 0.338 e. The second kappa shape index (κ2) is 7.28. The summed E-state index contributed by atoms with van der Waals surface area (Å²) >= 11 is 0. The number of nitrogens with zero attached hydrogens (tertiary/aromatic N) is 1. The van der Waals surface area contributed by atoms with Crippen molar-refractivity contribution >= 4 is 5.91 Å². The maximum Gasteiger partial charge on any atom is 0.242 e. The van der Waals surface area contributed by atoms with E-state index in [0.29, 0.717) is 17.9 Å². The molecule has 3 heteroatoms. The van der Waals surface area contributed by atoms with E-state index in [1.54, 1.807) is 0 Å². The highest BCUT2D eigenvalue weighted by atomic mass is 16.2. The highest BCUT2D eigenvalue weighted by molar-refractivity contribution is 5.86. The van der Waals surface area contributed by atoms with E-state index in [1.165, 1.54) is 6.42 Å². The molecule has 1 aliphatic rings. The van der Waals surface area contributed by atoms with Crippen molar-refractivity contribution in [1.29, 1.82) is 0 Å². The first-order valence-electron chi connectivity index (χ1n) is 8.00. The SMILES string of the molecule is CCC(CC)N(CC(C)C)C(=O)C1(C)CCCCN1. The topological polar surface area (TPSA) is 32.3 Å². The molecule has 0 radical (unpaired) electrons. The van der Waals surface area contributed by atoms with Gasteiger partial charge in [0.2, 0.25) is 5.91 Å². The van der Waals surface area contributed by atoms with Crippen molar-refractivity contribution in [2.45, 2.75) is 78.3 Å². The van der Waals surface area contributed by atoms with E-state index in [1.807, 2.05) is 0 Å². The van der Waals surface area contributed by atoms with Crippen molar-refractivity contribution in [3.8, 4) is 0 Å². The van der Waals surface area contributed by atoms with Crippen LogP contribution in [-0.2, 0) is 4.79 Å². The summed E-state index contributed by atoms with van der Waals surface area (Å²) < 4.78 is 0. The maximum absolute atomic E-state index is 13.0. The number of rotatable bonds is 6. The van der Waals surface area contributed by atoms with Gasteiger partial charge in [-0.15, -0.1) is 0 Å². The Morgan fingerprint density at radius 2 is 1.89 bits per heavy atom. The normalized spacial score (nSPS) is 23.9. The molecule has 0 aromatic heterocycles. The van der Waals surface area contributed by atoms with E-state index < -0.39 is 0 Å². The molecule has 0 aromatic rings. The second-order valence-corrected chi connectivity index (χ2v) is 6.54. The minimum Gasteiger partial charge on any atom is -0.338 e. The van der Waals surface area contributed by atoms with Gasteiger partial charge >= 0.3 is 0 Å². The molecule has 1 unspecified atom stereocenters. The van der Waals surface area contributed by atoms with Gasteiger partial charge in [0.1, 0.15) is 0 Å². The van der Waals surface area contributed by atoms with E-state index in [-0.39, 0.29) is 5.54 Å². The molecule has 1 saturated heterocycles. The van der Waals surface area contributed by atoms with Gasteiger partial charge in [-0.05, 0) is 51.5 Å². The van der Waals surface area contributed by atoms with Crippen LogP contribution in [0.2, 0.25) is 0 Å². The summed E-state index contributed by atoms with van der Waals surface area (Å²) in [6, 6.07) is 0.385. The second-order valence-electron chi connectivity index (χ2n) is 6.54. The molecule has 1 aliphatic heterocycles. The van der Waals surface area contributed by atoms with Gasteiger partial charge < -0.3 is 10.2 Å². The van der Waals surface area contributed by atoms with E-state index in [9.17, 15) is 4.79 Å². The average molecular weight is 268 g/mol. The zero-order chi connectivity index (χ0) is 14.5. The minimum absolute atomic E-state index is 0.314. The third-order valence-electron chi connectivity index (χ3n) is 4.30. The number of hydrogen-bond donors (Lipinski definition) is 1. The highest BCUT2D eigenvalue weighted by Crippen LogP contribution is 2.24.